The van der Waals surface area contributed by atoms with Gasteiger partial charge >= 0.3 is 0 Å². The van der Waals surface area contributed by atoms with Crippen LogP contribution in [-0.2, 0) is 6.54 Å². The molecule has 1 heterocycles. The van der Waals surface area contributed by atoms with Gasteiger partial charge in [-0.15, -0.1) is 0 Å². The van der Waals surface area contributed by atoms with Crippen molar-refractivity contribution in [1.29, 1.82) is 0 Å². The van der Waals surface area contributed by atoms with Gasteiger partial charge in [0.25, 0.3) is 0 Å². The molecule has 0 saturated carbocycles. The van der Waals surface area contributed by atoms with Crippen molar-refractivity contribution in [2.45, 2.75) is 13.5 Å². The molecule has 1 aromatic heterocycles. The summed E-state index contributed by atoms with van der Waals surface area (Å²) in [4.78, 5) is 3.20. The Morgan fingerprint density at radius 1 is 1.46 bits per heavy atom. The summed E-state index contributed by atoms with van der Waals surface area (Å²) in [6.07, 6.45) is 1.94. The van der Waals surface area contributed by atoms with E-state index in [1.54, 1.807) is 0 Å². The van der Waals surface area contributed by atoms with E-state index in [2.05, 4.69) is 4.98 Å². The fourth-order valence-electron chi connectivity index (χ4n) is 1.59. The lowest BCUT2D eigenvalue weighted by Gasteiger charge is -1.98. The fraction of sp³-hybridized carbons (Fsp3) is 0.200. The minimum Gasteiger partial charge on any atom is -0.361 e. The summed E-state index contributed by atoms with van der Waals surface area (Å²) in [5, 5.41) is 1.90. The monoisotopic (exact) mass is 194 g/mol. The van der Waals surface area contributed by atoms with Crippen LogP contribution in [0, 0.1) is 6.92 Å². The Kier molecular flexibility index (Phi) is 2.02. The molecule has 3 N–H and O–H groups in total. The first-order valence-electron chi connectivity index (χ1n) is 4.18. The van der Waals surface area contributed by atoms with Crippen LogP contribution in [-0.4, -0.2) is 4.98 Å². The van der Waals surface area contributed by atoms with Gasteiger partial charge in [-0.05, 0) is 30.2 Å². The van der Waals surface area contributed by atoms with Crippen molar-refractivity contribution < 1.29 is 0 Å². The van der Waals surface area contributed by atoms with Gasteiger partial charge in [-0.25, -0.2) is 0 Å². The lowest BCUT2D eigenvalue weighted by Crippen LogP contribution is -1.94. The maximum atomic E-state index is 5.96. The first-order chi connectivity index (χ1) is 6.22. The Labute approximate surface area is 81.7 Å². The van der Waals surface area contributed by atoms with Crippen molar-refractivity contribution >= 4 is 22.5 Å². The number of hydrogen-bond acceptors (Lipinski definition) is 1. The summed E-state index contributed by atoms with van der Waals surface area (Å²) in [5.74, 6) is 0. The number of nitrogens with one attached hydrogen (secondary N) is 1. The molecule has 0 aliphatic rings. The Morgan fingerprint density at radius 3 is 2.92 bits per heavy atom. The molecule has 1 aromatic carbocycles. The minimum atomic E-state index is 0.541. The molecule has 3 heteroatoms. The van der Waals surface area contributed by atoms with Crippen LogP contribution in [0.5, 0.6) is 0 Å². The van der Waals surface area contributed by atoms with Gasteiger partial charge in [0.05, 0.1) is 0 Å². The highest BCUT2D eigenvalue weighted by Crippen LogP contribution is 2.25. The van der Waals surface area contributed by atoms with E-state index in [9.17, 15) is 0 Å². The van der Waals surface area contributed by atoms with Crippen LogP contribution in [0.15, 0.2) is 18.3 Å². The van der Waals surface area contributed by atoms with E-state index in [-0.39, 0.29) is 0 Å². The predicted octanol–water partition coefficient (Wildman–Crippen LogP) is 2.59. The molecule has 0 atom stereocenters. The molecule has 0 spiro atoms. The normalized spacial score (nSPS) is 11.0. The van der Waals surface area contributed by atoms with Crippen LogP contribution in [0.3, 0.4) is 0 Å². The van der Waals surface area contributed by atoms with Crippen LogP contribution >= 0.6 is 11.6 Å². The van der Waals surface area contributed by atoms with E-state index in [0.717, 1.165) is 27.1 Å². The van der Waals surface area contributed by atoms with E-state index >= 15 is 0 Å². The van der Waals surface area contributed by atoms with Crippen LogP contribution in [0.25, 0.3) is 10.9 Å². The zero-order valence-electron chi connectivity index (χ0n) is 7.39. The topological polar surface area (TPSA) is 41.8 Å². The van der Waals surface area contributed by atoms with Gasteiger partial charge in [-0.2, -0.15) is 0 Å². The molecule has 2 rings (SSSR count). The molecule has 0 aliphatic carbocycles. The van der Waals surface area contributed by atoms with Crippen LogP contribution < -0.4 is 5.73 Å². The molecule has 0 saturated heterocycles. The number of fused-ring (bicyclic) bond motifs is 1. The smallest absolute Gasteiger partial charge is 0.0488 e. The third kappa shape index (κ3) is 1.32. The summed E-state index contributed by atoms with van der Waals surface area (Å²) in [5.41, 5.74) is 8.99. The molecule has 0 radical (unpaired) electrons. The summed E-state index contributed by atoms with van der Waals surface area (Å²) in [6.45, 7) is 2.57. The van der Waals surface area contributed by atoms with Crippen LogP contribution in [0.1, 0.15) is 11.1 Å². The number of aryl methyl sites for hydroxylation is 1. The minimum absolute atomic E-state index is 0.541. The van der Waals surface area contributed by atoms with Crippen molar-refractivity contribution in [2.24, 2.45) is 5.73 Å². The van der Waals surface area contributed by atoms with Gasteiger partial charge in [0.15, 0.2) is 0 Å². The molecule has 2 nitrogen and oxygen atoms in total. The lowest BCUT2D eigenvalue weighted by molar-refractivity contribution is 1.08. The lowest BCUT2D eigenvalue weighted by atomic mass is 10.1. The number of aromatic amines is 1. The molecule has 68 valence electrons. The van der Waals surface area contributed by atoms with Crippen LogP contribution in [0.4, 0.5) is 0 Å². The highest BCUT2D eigenvalue weighted by atomic mass is 35.5. The van der Waals surface area contributed by atoms with E-state index in [1.165, 1.54) is 0 Å². The van der Waals surface area contributed by atoms with Gasteiger partial charge in [0.1, 0.15) is 0 Å². The quantitative estimate of drug-likeness (QED) is 0.720. The molecular weight excluding hydrogens is 184 g/mol. The van der Waals surface area contributed by atoms with Gasteiger partial charge in [-0.3, -0.25) is 0 Å². The Morgan fingerprint density at radius 2 is 2.23 bits per heavy atom. The van der Waals surface area contributed by atoms with Crippen molar-refractivity contribution in [3.63, 3.8) is 0 Å². The standard InChI is InChI=1S/C10H11ClN2/c1-6-2-8(11)3-9-7(4-12)5-13-10(6)9/h2-3,5,13H,4,12H2,1H3. The van der Waals surface area contributed by atoms with Crippen molar-refractivity contribution in [1.82, 2.24) is 4.98 Å². The molecule has 0 aliphatic heterocycles. The van der Waals surface area contributed by atoms with E-state index in [0.29, 0.717) is 6.54 Å². The summed E-state index contributed by atoms with van der Waals surface area (Å²) < 4.78 is 0. The van der Waals surface area contributed by atoms with Crippen molar-refractivity contribution in [2.75, 3.05) is 0 Å². The molecule has 13 heavy (non-hydrogen) atoms. The predicted molar refractivity (Wildman–Crippen MR) is 55.9 cm³/mol. The third-order valence-electron chi connectivity index (χ3n) is 2.26. The second-order valence-corrected chi connectivity index (χ2v) is 3.60. The molecule has 0 bridgehead atoms. The van der Waals surface area contributed by atoms with E-state index in [4.69, 9.17) is 17.3 Å². The number of nitrogens with two attached hydrogens (primary N) is 1. The van der Waals surface area contributed by atoms with Gasteiger partial charge in [-0.1, -0.05) is 11.6 Å². The number of benzene rings is 1. The molecule has 2 aromatic rings. The number of hydrogen-bond donors (Lipinski definition) is 2. The van der Waals surface area contributed by atoms with Gasteiger partial charge in [0.2, 0.25) is 0 Å². The van der Waals surface area contributed by atoms with Crippen molar-refractivity contribution in [3.05, 3.63) is 34.5 Å². The average Bonchev–Trinajstić information content (AvgIpc) is 2.47. The van der Waals surface area contributed by atoms with Gasteiger partial charge in [0, 0.05) is 28.7 Å². The number of aromatic nitrogens is 1. The Bertz CT molecular complexity index is 445. The molecule has 0 amide bonds. The zero-order chi connectivity index (χ0) is 9.42. The Hall–Kier alpha value is -0.990. The molecular formula is C10H11ClN2. The van der Waals surface area contributed by atoms with Gasteiger partial charge < -0.3 is 10.7 Å². The average molecular weight is 195 g/mol. The highest BCUT2D eigenvalue weighted by Gasteiger charge is 2.05. The number of H-pyrrole nitrogens is 1. The second-order valence-electron chi connectivity index (χ2n) is 3.16. The van der Waals surface area contributed by atoms with E-state index in [1.807, 2.05) is 25.3 Å². The highest BCUT2D eigenvalue weighted by molar-refractivity contribution is 6.31. The molecule has 0 fully saturated rings. The Balaban J connectivity index is 2.82. The first-order valence-corrected chi connectivity index (χ1v) is 4.56. The maximum Gasteiger partial charge on any atom is 0.0488 e. The van der Waals surface area contributed by atoms with Crippen LogP contribution in [0.2, 0.25) is 5.02 Å². The summed E-state index contributed by atoms with van der Waals surface area (Å²) in [7, 11) is 0. The molecule has 0 unspecified atom stereocenters. The number of rotatable bonds is 1. The largest absolute Gasteiger partial charge is 0.361 e. The number of halogens is 1. The zero-order valence-corrected chi connectivity index (χ0v) is 8.15. The maximum absolute atomic E-state index is 5.96. The summed E-state index contributed by atoms with van der Waals surface area (Å²) in [6, 6.07) is 3.89. The van der Waals surface area contributed by atoms with Crippen molar-refractivity contribution in [3.8, 4) is 0 Å². The summed E-state index contributed by atoms with van der Waals surface area (Å²) >= 11 is 5.96. The fourth-order valence-corrected chi connectivity index (χ4v) is 1.87. The first kappa shape index (κ1) is 8.60. The SMILES string of the molecule is Cc1cc(Cl)cc2c(CN)c[nH]c12. The van der Waals surface area contributed by atoms with E-state index < -0.39 is 0 Å². The second kappa shape index (κ2) is 3.05. The third-order valence-corrected chi connectivity index (χ3v) is 2.48.